The van der Waals surface area contributed by atoms with Crippen molar-refractivity contribution in [1.29, 1.82) is 5.26 Å². The highest BCUT2D eigenvalue weighted by Gasteiger charge is 2.14. The van der Waals surface area contributed by atoms with Gasteiger partial charge in [-0.25, -0.2) is 0 Å². The minimum Gasteiger partial charge on any atom is -0.345 e. The molecule has 0 bridgehead atoms. The van der Waals surface area contributed by atoms with Crippen LogP contribution in [0, 0.1) is 18.3 Å². The van der Waals surface area contributed by atoms with Crippen molar-refractivity contribution in [2.75, 3.05) is 0 Å². The van der Waals surface area contributed by atoms with Gasteiger partial charge in [-0.3, -0.25) is 4.79 Å². The number of carbonyl (C=O) groups is 1. The van der Waals surface area contributed by atoms with E-state index in [1.54, 1.807) is 6.08 Å². The van der Waals surface area contributed by atoms with Crippen LogP contribution in [-0.4, -0.2) is 10.5 Å². The molecule has 1 N–H and O–H groups in total. The highest BCUT2D eigenvalue weighted by molar-refractivity contribution is 6.01. The SMILES string of the molecule is Cc1ccc(-n2cccc2/C=C(/C#N)C(=O)N[C@@H](C)c2ccccc2)cc1. The molecule has 1 aromatic heterocycles. The van der Waals surface area contributed by atoms with E-state index in [1.807, 2.05) is 97.4 Å². The summed E-state index contributed by atoms with van der Waals surface area (Å²) < 4.78 is 1.95. The lowest BCUT2D eigenvalue weighted by Crippen LogP contribution is -2.27. The number of rotatable bonds is 5. The number of hydrogen-bond donors (Lipinski definition) is 1. The van der Waals surface area contributed by atoms with Crippen LogP contribution in [0.2, 0.25) is 0 Å². The monoisotopic (exact) mass is 355 g/mol. The van der Waals surface area contributed by atoms with Gasteiger partial charge in [0.25, 0.3) is 5.91 Å². The second-order valence-electron chi connectivity index (χ2n) is 6.41. The van der Waals surface area contributed by atoms with Gasteiger partial charge in [-0.1, -0.05) is 48.0 Å². The normalized spacial score (nSPS) is 12.3. The number of aryl methyl sites for hydroxylation is 1. The number of benzene rings is 2. The molecule has 1 amide bonds. The van der Waals surface area contributed by atoms with Crippen LogP contribution in [0.15, 0.2) is 78.5 Å². The van der Waals surface area contributed by atoms with Crippen LogP contribution in [0.5, 0.6) is 0 Å². The minimum absolute atomic E-state index is 0.0739. The molecule has 4 nitrogen and oxygen atoms in total. The van der Waals surface area contributed by atoms with Crippen LogP contribution >= 0.6 is 0 Å². The smallest absolute Gasteiger partial charge is 0.262 e. The molecule has 3 aromatic rings. The summed E-state index contributed by atoms with van der Waals surface area (Å²) in [6.45, 7) is 3.93. The number of nitrogens with zero attached hydrogens (tertiary/aromatic N) is 2. The van der Waals surface area contributed by atoms with E-state index in [0.717, 1.165) is 16.9 Å². The Labute approximate surface area is 159 Å². The first kappa shape index (κ1) is 18.2. The fourth-order valence-corrected chi connectivity index (χ4v) is 2.85. The maximum atomic E-state index is 12.6. The van der Waals surface area contributed by atoms with E-state index < -0.39 is 0 Å². The first-order valence-corrected chi connectivity index (χ1v) is 8.80. The Balaban J connectivity index is 1.83. The van der Waals surface area contributed by atoms with Crippen molar-refractivity contribution in [2.45, 2.75) is 19.9 Å². The van der Waals surface area contributed by atoms with Gasteiger partial charge in [0.05, 0.1) is 6.04 Å². The lowest BCUT2D eigenvalue weighted by atomic mass is 10.1. The third-order valence-electron chi connectivity index (χ3n) is 4.40. The number of nitriles is 1. The second kappa shape index (κ2) is 8.20. The van der Waals surface area contributed by atoms with Crippen LogP contribution in [0.1, 0.15) is 29.8 Å². The summed E-state index contributed by atoms with van der Waals surface area (Å²) in [5, 5.41) is 12.4. The molecule has 1 heterocycles. The number of amides is 1. The first-order chi connectivity index (χ1) is 13.1. The van der Waals surface area contributed by atoms with E-state index in [2.05, 4.69) is 5.32 Å². The van der Waals surface area contributed by atoms with Crippen molar-refractivity contribution in [3.63, 3.8) is 0 Å². The molecule has 0 aliphatic carbocycles. The average Bonchev–Trinajstić information content (AvgIpc) is 3.15. The predicted molar refractivity (Wildman–Crippen MR) is 107 cm³/mol. The number of carbonyl (C=O) groups excluding carboxylic acids is 1. The number of aromatic nitrogens is 1. The third-order valence-corrected chi connectivity index (χ3v) is 4.40. The molecule has 4 heteroatoms. The minimum atomic E-state index is -0.384. The molecule has 0 unspecified atom stereocenters. The Morgan fingerprint density at radius 3 is 2.44 bits per heavy atom. The fourth-order valence-electron chi connectivity index (χ4n) is 2.85. The van der Waals surface area contributed by atoms with E-state index >= 15 is 0 Å². The largest absolute Gasteiger partial charge is 0.345 e. The van der Waals surface area contributed by atoms with Gasteiger partial charge in [0.1, 0.15) is 11.6 Å². The molecule has 0 aliphatic rings. The molecule has 0 saturated heterocycles. The molecule has 0 aliphatic heterocycles. The Morgan fingerprint density at radius 2 is 1.78 bits per heavy atom. The van der Waals surface area contributed by atoms with Crippen molar-refractivity contribution in [3.05, 3.63) is 95.3 Å². The topological polar surface area (TPSA) is 57.8 Å². The van der Waals surface area contributed by atoms with Gasteiger partial charge in [0, 0.05) is 17.6 Å². The van der Waals surface area contributed by atoms with E-state index in [-0.39, 0.29) is 17.5 Å². The summed E-state index contributed by atoms with van der Waals surface area (Å²) in [7, 11) is 0. The van der Waals surface area contributed by atoms with Crippen LogP contribution in [0.25, 0.3) is 11.8 Å². The predicted octanol–water partition coefficient (Wildman–Crippen LogP) is 4.57. The van der Waals surface area contributed by atoms with Gasteiger partial charge >= 0.3 is 0 Å². The Kier molecular flexibility index (Phi) is 5.53. The van der Waals surface area contributed by atoms with Gasteiger partial charge in [-0.15, -0.1) is 0 Å². The molecule has 1 atom stereocenters. The summed E-state index contributed by atoms with van der Waals surface area (Å²) in [5.74, 6) is -0.384. The molecule has 0 fully saturated rings. The van der Waals surface area contributed by atoms with E-state index in [4.69, 9.17) is 0 Å². The average molecular weight is 355 g/mol. The van der Waals surface area contributed by atoms with Gasteiger partial charge in [0.15, 0.2) is 0 Å². The molecule has 0 saturated carbocycles. The molecule has 0 radical (unpaired) electrons. The molecule has 0 spiro atoms. The zero-order valence-electron chi connectivity index (χ0n) is 15.4. The highest BCUT2D eigenvalue weighted by Crippen LogP contribution is 2.17. The lowest BCUT2D eigenvalue weighted by molar-refractivity contribution is -0.117. The Hall–Kier alpha value is -3.58. The molecule has 2 aromatic carbocycles. The molecule has 27 heavy (non-hydrogen) atoms. The summed E-state index contributed by atoms with van der Waals surface area (Å²) in [6, 6.07) is 23.4. The summed E-state index contributed by atoms with van der Waals surface area (Å²) in [6.07, 6.45) is 3.53. The van der Waals surface area contributed by atoms with Crippen molar-refractivity contribution in [2.24, 2.45) is 0 Å². The van der Waals surface area contributed by atoms with Crippen molar-refractivity contribution < 1.29 is 4.79 Å². The first-order valence-electron chi connectivity index (χ1n) is 8.80. The fraction of sp³-hybridized carbons (Fsp3) is 0.130. The van der Waals surface area contributed by atoms with Crippen molar-refractivity contribution in [1.82, 2.24) is 9.88 Å². The Bertz CT molecular complexity index is 992. The third kappa shape index (κ3) is 4.34. The van der Waals surface area contributed by atoms with Crippen molar-refractivity contribution >= 4 is 12.0 Å². The van der Waals surface area contributed by atoms with Gasteiger partial charge in [-0.2, -0.15) is 5.26 Å². The van der Waals surface area contributed by atoms with Gasteiger partial charge in [-0.05, 0) is 49.8 Å². The van der Waals surface area contributed by atoms with E-state index in [1.165, 1.54) is 5.56 Å². The van der Waals surface area contributed by atoms with Gasteiger partial charge < -0.3 is 9.88 Å². The molecule has 134 valence electrons. The maximum Gasteiger partial charge on any atom is 0.262 e. The van der Waals surface area contributed by atoms with Crippen LogP contribution in [0.3, 0.4) is 0 Å². The zero-order chi connectivity index (χ0) is 19.2. The summed E-state index contributed by atoms with van der Waals surface area (Å²) in [5.41, 5.74) is 4.00. The number of hydrogen-bond acceptors (Lipinski definition) is 2. The molecule has 3 rings (SSSR count). The van der Waals surface area contributed by atoms with E-state index in [9.17, 15) is 10.1 Å². The van der Waals surface area contributed by atoms with Crippen LogP contribution < -0.4 is 5.32 Å². The van der Waals surface area contributed by atoms with E-state index in [0.29, 0.717) is 0 Å². The molecular weight excluding hydrogens is 334 g/mol. The lowest BCUT2D eigenvalue weighted by Gasteiger charge is -2.14. The standard InChI is InChI=1S/C23H21N3O/c1-17-10-12-21(13-11-17)26-14-6-9-22(26)15-20(16-24)23(27)25-18(2)19-7-4-3-5-8-19/h3-15,18H,1-2H3,(H,25,27)/b20-15-/t18-/m0/s1. The summed E-state index contributed by atoms with van der Waals surface area (Å²) >= 11 is 0. The quantitative estimate of drug-likeness (QED) is 0.538. The second-order valence-corrected chi connectivity index (χ2v) is 6.41. The van der Waals surface area contributed by atoms with Crippen molar-refractivity contribution in [3.8, 4) is 11.8 Å². The number of nitrogens with one attached hydrogen (secondary N) is 1. The van der Waals surface area contributed by atoms with Crippen LogP contribution in [0.4, 0.5) is 0 Å². The maximum absolute atomic E-state index is 12.6. The summed E-state index contributed by atoms with van der Waals surface area (Å²) in [4.78, 5) is 12.6. The van der Waals surface area contributed by atoms with Gasteiger partial charge in [0.2, 0.25) is 0 Å². The highest BCUT2D eigenvalue weighted by atomic mass is 16.1. The van der Waals surface area contributed by atoms with Crippen LogP contribution in [-0.2, 0) is 4.79 Å². The molecular formula is C23H21N3O. The zero-order valence-corrected chi connectivity index (χ0v) is 15.4. The Morgan fingerprint density at radius 1 is 1.07 bits per heavy atom.